The van der Waals surface area contributed by atoms with Gasteiger partial charge in [-0.3, -0.25) is 0 Å². The maximum absolute atomic E-state index is 12.8. The van der Waals surface area contributed by atoms with Gasteiger partial charge in [0.1, 0.15) is 5.82 Å². The smallest absolute Gasteiger partial charge is 0.123 e. The predicted octanol–water partition coefficient (Wildman–Crippen LogP) is 1.47. The fraction of sp³-hybridized carbons (Fsp3) is 0.333. The standard InChI is InChI=1S/C12H14FNO/c1-2-3-7-14-9-12(15)10-5-4-6-11(13)8-10/h1,4-6,8,12,14-15H,3,7,9H2. The molecule has 3 heteroatoms. The van der Waals surface area contributed by atoms with E-state index < -0.39 is 6.10 Å². The summed E-state index contributed by atoms with van der Waals surface area (Å²) in [7, 11) is 0. The van der Waals surface area contributed by atoms with Crippen molar-refractivity contribution in [1.29, 1.82) is 0 Å². The topological polar surface area (TPSA) is 32.3 Å². The first-order valence-corrected chi connectivity index (χ1v) is 4.81. The first-order chi connectivity index (χ1) is 7.24. The second-order valence-electron chi connectivity index (χ2n) is 3.23. The van der Waals surface area contributed by atoms with Crippen molar-refractivity contribution < 1.29 is 9.50 Å². The number of halogens is 1. The monoisotopic (exact) mass is 207 g/mol. The fourth-order valence-electron chi connectivity index (χ4n) is 1.23. The molecule has 15 heavy (non-hydrogen) atoms. The molecule has 1 aromatic rings. The van der Waals surface area contributed by atoms with Gasteiger partial charge in [0.15, 0.2) is 0 Å². The lowest BCUT2D eigenvalue weighted by Crippen LogP contribution is -2.22. The number of rotatable bonds is 5. The van der Waals surface area contributed by atoms with Crippen molar-refractivity contribution in [2.75, 3.05) is 13.1 Å². The van der Waals surface area contributed by atoms with Gasteiger partial charge in [0.25, 0.3) is 0 Å². The van der Waals surface area contributed by atoms with Crippen LogP contribution in [0, 0.1) is 18.2 Å². The molecule has 0 saturated heterocycles. The Morgan fingerprint density at radius 3 is 3.00 bits per heavy atom. The van der Waals surface area contributed by atoms with Crippen LogP contribution < -0.4 is 5.32 Å². The van der Waals surface area contributed by atoms with Crippen LogP contribution in [-0.2, 0) is 0 Å². The van der Waals surface area contributed by atoms with E-state index in [0.717, 1.165) is 0 Å². The average Bonchev–Trinajstić information content (AvgIpc) is 2.24. The molecular weight excluding hydrogens is 193 g/mol. The molecule has 0 bridgehead atoms. The van der Waals surface area contributed by atoms with Crippen LogP contribution in [0.4, 0.5) is 4.39 Å². The van der Waals surface area contributed by atoms with Gasteiger partial charge in [-0.2, -0.15) is 0 Å². The van der Waals surface area contributed by atoms with Crippen LogP contribution in [-0.4, -0.2) is 18.2 Å². The van der Waals surface area contributed by atoms with E-state index in [1.165, 1.54) is 12.1 Å². The van der Waals surface area contributed by atoms with Gasteiger partial charge in [0.05, 0.1) is 6.10 Å². The lowest BCUT2D eigenvalue weighted by atomic mass is 10.1. The highest BCUT2D eigenvalue weighted by Gasteiger charge is 2.06. The molecular formula is C12H14FNO. The first-order valence-electron chi connectivity index (χ1n) is 4.81. The third kappa shape index (κ3) is 4.11. The molecule has 80 valence electrons. The first kappa shape index (κ1) is 11.7. The normalized spacial score (nSPS) is 12.1. The van der Waals surface area contributed by atoms with Crippen molar-refractivity contribution in [3.8, 4) is 12.3 Å². The third-order valence-electron chi connectivity index (χ3n) is 2.02. The van der Waals surface area contributed by atoms with Gasteiger partial charge in [-0.1, -0.05) is 12.1 Å². The lowest BCUT2D eigenvalue weighted by Gasteiger charge is -2.11. The van der Waals surface area contributed by atoms with Gasteiger partial charge in [0, 0.05) is 19.5 Å². The molecule has 0 amide bonds. The average molecular weight is 207 g/mol. The lowest BCUT2D eigenvalue weighted by molar-refractivity contribution is 0.175. The molecule has 1 rings (SSSR count). The van der Waals surface area contributed by atoms with E-state index in [-0.39, 0.29) is 5.82 Å². The van der Waals surface area contributed by atoms with Crippen LogP contribution in [0.25, 0.3) is 0 Å². The van der Waals surface area contributed by atoms with E-state index in [2.05, 4.69) is 11.2 Å². The largest absolute Gasteiger partial charge is 0.387 e. The molecule has 1 atom stereocenters. The second-order valence-corrected chi connectivity index (χ2v) is 3.23. The van der Waals surface area contributed by atoms with Gasteiger partial charge >= 0.3 is 0 Å². The van der Waals surface area contributed by atoms with Crippen LogP contribution in [0.1, 0.15) is 18.1 Å². The quantitative estimate of drug-likeness (QED) is 0.566. The third-order valence-corrected chi connectivity index (χ3v) is 2.02. The number of aliphatic hydroxyl groups is 1. The molecule has 0 aliphatic rings. The maximum Gasteiger partial charge on any atom is 0.123 e. The molecule has 0 fully saturated rings. The SMILES string of the molecule is C#CCCNCC(O)c1cccc(F)c1. The fourth-order valence-corrected chi connectivity index (χ4v) is 1.23. The van der Waals surface area contributed by atoms with Gasteiger partial charge in [-0.15, -0.1) is 12.3 Å². The number of terminal acetylenes is 1. The van der Waals surface area contributed by atoms with Gasteiger partial charge in [-0.05, 0) is 17.7 Å². The van der Waals surface area contributed by atoms with Crippen molar-refractivity contribution in [2.24, 2.45) is 0 Å². The van der Waals surface area contributed by atoms with Gasteiger partial charge in [-0.25, -0.2) is 4.39 Å². The minimum Gasteiger partial charge on any atom is -0.387 e. The van der Waals surface area contributed by atoms with Crippen molar-refractivity contribution in [1.82, 2.24) is 5.32 Å². The van der Waals surface area contributed by atoms with E-state index in [0.29, 0.717) is 25.1 Å². The minimum atomic E-state index is -0.696. The molecule has 0 heterocycles. The molecule has 1 unspecified atom stereocenters. The highest BCUT2D eigenvalue weighted by molar-refractivity contribution is 5.18. The molecule has 0 aromatic heterocycles. The Hall–Kier alpha value is -1.37. The number of nitrogens with one attached hydrogen (secondary N) is 1. The van der Waals surface area contributed by atoms with Crippen molar-refractivity contribution in [3.63, 3.8) is 0 Å². The zero-order valence-electron chi connectivity index (χ0n) is 8.41. The number of hydrogen-bond donors (Lipinski definition) is 2. The van der Waals surface area contributed by atoms with Crippen molar-refractivity contribution in [2.45, 2.75) is 12.5 Å². The van der Waals surface area contributed by atoms with Gasteiger partial charge < -0.3 is 10.4 Å². The molecule has 1 aromatic carbocycles. The zero-order chi connectivity index (χ0) is 11.1. The van der Waals surface area contributed by atoms with Crippen molar-refractivity contribution >= 4 is 0 Å². The summed E-state index contributed by atoms with van der Waals surface area (Å²) in [4.78, 5) is 0. The Morgan fingerprint density at radius 1 is 1.53 bits per heavy atom. The van der Waals surface area contributed by atoms with Crippen LogP contribution in [0.3, 0.4) is 0 Å². The summed E-state index contributed by atoms with van der Waals surface area (Å²) in [6, 6.07) is 5.95. The van der Waals surface area contributed by atoms with Crippen LogP contribution in [0.5, 0.6) is 0 Å². The van der Waals surface area contributed by atoms with E-state index in [9.17, 15) is 9.50 Å². The Labute approximate surface area is 89.1 Å². The van der Waals surface area contributed by atoms with Crippen LogP contribution >= 0.6 is 0 Å². The Balaban J connectivity index is 2.40. The minimum absolute atomic E-state index is 0.338. The molecule has 0 spiro atoms. The molecule has 2 N–H and O–H groups in total. The molecule has 0 radical (unpaired) electrons. The predicted molar refractivity (Wildman–Crippen MR) is 57.7 cm³/mol. The maximum atomic E-state index is 12.8. The van der Waals surface area contributed by atoms with Crippen LogP contribution in [0.2, 0.25) is 0 Å². The van der Waals surface area contributed by atoms with Crippen molar-refractivity contribution in [3.05, 3.63) is 35.6 Å². The molecule has 0 saturated carbocycles. The number of benzene rings is 1. The van der Waals surface area contributed by atoms with E-state index >= 15 is 0 Å². The summed E-state index contributed by atoms with van der Waals surface area (Å²) in [5.74, 6) is 2.15. The molecule has 2 nitrogen and oxygen atoms in total. The second kappa shape index (κ2) is 6.18. The Kier molecular flexibility index (Phi) is 4.82. The summed E-state index contributed by atoms with van der Waals surface area (Å²) in [6.45, 7) is 1.04. The molecule has 0 aliphatic heterocycles. The number of aliphatic hydroxyl groups excluding tert-OH is 1. The summed E-state index contributed by atoms with van der Waals surface area (Å²) in [5.41, 5.74) is 0.572. The Morgan fingerprint density at radius 2 is 2.33 bits per heavy atom. The summed E-state index contributed by atoms with van der Waals surface area (Å²) < 4.78 is 12.8. The summed E-state index contributed by atoms with van der Waals surface area (Å²) >= 11 is 0. The zero-order valence-corrected chi connectivity index (χ0v) is 8.41. The highest BCUT2D eigenvalue weighted by Crippen LogP contribution is 2.12. The van der Waals surface area contributed by atoms with E-state index in [1.54, 1.807) is 12.1 Å². The van der Waals surface area contributed by atoms with E-state index in [4.69, 9.17) is 6.42 Å². The highest BCUT2D eigenvalue weighted by atomic mass is 19.1. The number of hydrogen-bond acceptors (Lipinski definition) is 2. The Bertz CT molecular complexity index is 346. The van der Waals surface area contributed by atoms with Gasteiger partial charge in [0.2, 0.25) is 0 Å². The molecule has 0 aliphatic carbocycles. The van der Waals surface area contributed by atoms with Crippen LogP contribution in [0.15, 0.2) is 24.3 Å². The summed E-state index contributed by atoms with van der Waals surface area (Å²) in [5, 5.41) is 12.7. The van der Waals surface area contributed by atoms with E-state index in [1.807, 2.05) is 0 Å². The summed E-state index contributed by atoms with van der Waals surface area (Å²) in [6.07, 6.45) is 5.00.